The molecule has 0 saturated carbocycles. The van der Waals surface area contributed by atoms with Gasteiger partial charge < -0.3 is 15.4 Å². The van der Waals surface area contributed by atoms with Crippen LogP contribution in [0.25, 0.3) is 0 Å². The van der Waals surface area contributed by atoms with E-state index >= 15 is 0 Å². The Morgan fingerprint density at radius 1 is 0.909 bits per heavy atom. The normalized spacial score (nSPS) is 10.1. The van der Waals surface area contributed by atoms with Crippen LogP contribution in [0, 0.1) is 10.7 Å². The largest absolute Gasteiger partial charge is 0.462 e. The van der Waals surface area contributed by atoms with E-state index in [-0.39, 0.29) is 18.4 Å². The minimum atomic E-state index is -0.495. The fourth-order valence-electron chi connectivity index (χ4n) is 1.62. The highest BCUT2D eigenvalue weighted by Crippen LogP contribution is 2.39. The highest BCUT2D eigenvalue weighted by Gasteiger charge is 2.26. The first-order valence-electron chi connectivity index (χ1n) is 6.13. The number of benzene rings is 1. The van der Waals surface area contributed by atoms with Crippen LogP contribution in [0.15, 0.2) is 0 Å². The highest BCUT2D eigenvalue weighted by atomic mass is 127. The molecule has 0 aliphatic heterocycles. The minimum Gasteiger partial charge on any atom is -0.462 e. The Labute approximate surface area is 168 Å². The molecule has 0 aliphatic rings. The molecule has 0 fully saturated rings. The van der Waals surface area contributed by atoms with Gasteiger partial charge in [0.2, 0.25) is 11.8 Å². The maximum Gasteiger partial charge on any atom is 0.340 e. The molecule has 9 heteroatoms. The molecule has 0 heterocycles. The molecular formula is C13H13I3N2O4. The van der Waals surface area contributed by atoms with Gasteiger partial charge in [-0.15, -0.1) is 0 Å². The van der Waals surface area contributed by atoms with Gasteiger partial charge in [-0.1, -0.05) is 0 Å². The van der Waals surface area contributed by atoms with Crippen molar-refractivity contribution >= 4 is 96.9 Å². The van der Waals surface area contributed by atoms with Crippen LogP contribution in [0.5, 0.6) is 0 Å². The van der Waals surface area contributed by atoms with Crippen LogP contribution in [0.4, 0.5) is 11.4 Å². The number of nitrogens with one attached hydrogen (secondary N) is 2. The summed E-state index contributed by atoms with van der Waals surface area (Å²) in [6.45, 7) is 4.72. The zero-order chi connectivity index (χ0) is 17.0. The highest BCUT2D eigenvalue weighted by molar-refractivity contribution is 14.1. The van der Waals surface area contributed by atoms with Crippen molar-refractivity contribution in [2.75, 3.05) is 17.2 Å². The quantitative estimate of drug-likeness (QED) is 0.389. The first-order valence-corrected chi connectivity index (χ1v) is 9.37. The van der Waals surface area contributed by atoms with Crippen molar-refractivity contribution in [1.29, 1.82) is 0 Å². The van der Waals surface area contributed by atoms with Crippen molar-refractivity contribution in [3.8, 4) is 0 Å². The molecule has 1 rings (SSSR count). The van der Waals surface area contributed by atoms with Crippen molar-refractivity contribution in [1.82, 2.24) is 0 Å². The van der Waals surface area contributed by atoms with Crippen LogP contribution in [0.3, 0.4) is 0 Å². The zero-order valence-corrected chi connectivity index (χ0v) is 18.4. The smallest absolute Gasteiger partial charge is 0.340 e. The van der Waals surface area contributed by atoms with Gasteiger partial charge in [-0.2, -0.15) is 0 Å². The number of carbonyl (C=O) groups excluding carboxylic acids is 3. The summed E-state index contributed by atoms with van der Waals surface area (Å²) >= 11 is 6.02. The second-order valence-electron chi connectivity index (χ2n) is 4.15. The predicted octanol–water partition coefficient (Wildman–Crippen LogP) is 3.59. The molecule has 0 bridgehead atoms. The van der Waals surface area contributed by atoms with E-state index in [2.05, 4.69) is 10.6 Å². The molecule has 0 aliphatic carbocycles. The maximum atomic E-state index is 12.2. The molecule has 0 aromatic heterocycles. The van der Waals surface area contributed by atoms with Crippen LogP contribution in [0.2, 0.25) is 0 Å². The van der Waals surface area contributed by atoms with Crippen molar-refractivity contribution in [2.45, 2.75) is 20.8 Å². The van der Waals surface area contributed by atoms with Gasteiger partial charge in [0.25, 0.3) is 0 Å². The minimum absolute atomic E-state index is 0.238. The standard InChI is InChI=1S/C13H13I3N2O4/c1-4-22-13(21)7-8(14)11(17-5(2)19)10(16)12(9(7)15)18-6(3)20/h4H2,1-3H3,(H,17,19)(H,18,20). The lowest BCUT2D eigenvalue weighted by Crippen LogP contribution is -2.19. The van der Waals surface area contributed by atoms with Gasteiger partial charge in [-0.3, -0.25) is 9.59 Å². The molecule has 22 heavy (non-hydrogen) atoms. The Bertz CT molecular complexity index is 604. The number of ether oxygens (including phenoxy) is 1. The molecule has 1 aromatic carbocycles. The molecule has 120 valence electrons. The molecule has 2 amide bonds. The molecule has 1 aromatic rings. The third kappa shape index (κ3) is 4.66. The summed E-state index contributed by atoms with van der Waals surface area (Å²) in [4.78, 5) is 35.1. The van der Waals surface area contributed by atoms with E-state index in [1.165, 1.54) is 13.8 Å². The van der Waals surface area contributed by atoms with Gasteiger partial charge in [0.05, 0.1) is 34.3 Å². The van der Waals surface area contributed by atoms with Crippen molar-refractivity contribution in [3.63, 3.8) is 0 Å². The monoisotopic (exact) mass is 642 g/mol. The van der Waals surface area contributed by atoms with E-state index in [1.807, 2.05) is 67.8 Å². The van der Waals surface area contributed by atoms with Gasteiger partial charge >= 0.3 is 5.97 Å². The van der Waals surface area contributed by atoms with Crippen molar-refractivity contribution in [2.24, 2.45) is 0 Å². The first-order chi connectivity index (χ1) is 10.2. The molecule has 6 nitrogen and oxygen atoms in total. The molecule has 0 atom stereocenters. The lowest BCUT2D eigenvalue weighted by atomic mass is 10.1. The number of carbonyl (C=O) groups is 3. The molecular weight excluding hydrogens is 629 g/mol. The lowest BCUT2D eigenvalue weighted by Gasteiger charge is -2.18. The number of anilines is 2. The molecule has 0 saturated heterocycles. The van der Waals surface area contributed by atoms with Crippen LogP contribution >= 0.6 is 67.8 Å². The van der Waals surface area contributed by atoms with E-state index in [9.17, 15) is 14.4 Å². The number of hydrogen-bond donors (Lipinski definition) is 2. The first kappa shape index (κ1) is 19.9. The van der Waals surface area contributed by atoms with E-state index in [0.717, 1.165) is 0 Å². The van der Waals surface area contributed by atoms with E-state index in [4.69, 9.17) is 4.74 Å². The average Bonchev–Trinajstić information content (AvgIpc) is 2.39. The number of esters is 1. The Morgan fingerprint density at radius 2 is 1.32 bits per heavy atom. The summed E-state index contributed by atoms with van der Waals surface area (Å²) in [6.07, 6.45) is 0. The number of halogens is 3. The van der Waals surface area contributed by atoms with Gasteiger partial charge in [0, 0.05) is 13.8 Å². The van der Waals surface area contributed by atoms with Crippen LogP contribution < -0.4 is 10.6 Å². The zero-order valence-electron chi connectivity index (χ0n) is 12.0. The summed E-state index contributed by atoms with van der Waals surface area (Å²) in [5, 5.41) is 5.41. The summed E-state index contributed by atoms with van der Waals surface area (Å²) < 4.78 is 6.89. The van der Waals surface area contributed by atoms with Crippen LogP contribution in [-0.2, 0) is 14.3 Å². The van der Waals surface area contributed by atoms with Crippen molar-refractivity contribution < 1.29 is 19.1 Å². The number of hydrogen-bond acceptors (Lipinski definition) is 4. The summed E-state index contributed by atoms with van der Waals surface area (Å²) in [5.41, 5.74) is 1.30. The second-order valence-corrected chi connectivity index (χ2v) is 7.39. The fourth-order valence-corrected chi connectivity index (χ4v) is 5.76. The Balaban J connectivity index is 3.64. The Kier molecular flexibility index (Phi) is 7.78. The van der Waals surface area contributed by atoms with Gasteiger partial charge in [-0.05, 0) is 74.7 Å². The third-order valence-electron chi connectivity index (χ3n) is 2.40. The second kappa shape index (κ2) is 8.61. The van der Waals surface area contributed by atoms with Gasteiger partial charge in [-0.25, -0.2) is 4.79 Å². The molecule has 0 radical (unpaired) electrons. The van der Waals surface area contributed by atoms with E-state index in [1.54, 1.807) is 6.92 Å². The Hall–Kier alpha value is -0.180. The number of amides is 2. The van der Waals surface area contributed by atoms with Crippen LogP contribution in [0.1, 0.15) is 31.1 Å². The van der Waals surface area contributed by atoms with E-state index in [0.29, 0.717) is 27.6 Å². The van der Waals surface area contributed by atoms with Crippen LogP contribution in [-0.4, -0.2) is 24.4 Å². The predicted molar refractivity (Wildman–Crippen MR) is 109 cm³/mol. The van der Waals surface area contributed by atoms with E-state index < -0.39 is 5.97 Å². The number of rotatable bonds is 4. The third-order valence-corrected chi connectivity index (χ3v) is 5.63. The summed E-state index contributed by atoms with van der Waals surface area (Å²) in [5.74, 6) is -1.02. The summed E-state index contributed by atoms with van der Waals surface area (Å²) in [7, 11) is 0. The summed E-state index contributed by atoms with van der Waals surface area (Å²) in [6, 6.07) is 0. The SMILES string of the molecule is CCOC(=O)c1c(I)c(NC(C)=O)c(I)c(NC(C)=O)c1I. The van der Waals surface area contributed by atoms with Gasteiger partial charge in [0.15, 0.2) is 0 Å². The fraction of sp³-hybridized carbons (Fsp3) is 0.308. The lowest BCUT2D eigenvalue weighted by molar-refractivity contribution is -0.115. The molecule has 2 N–H and O–H groups in total. The molecule has 0 spiro atoms. The topological polar surface area (TPSA) is 84.5 Å². The van der Waals surface area contributed by atoms with Gasteiger partial charge in [0.1, 0.15) is 0 Å². The van der Waals surface area contributed by atoms with Crippen molar-refractivity contribution in [3.05, 3.63) is 16.3 Å². The Morgan fingerprint density at radius 3 is 1.64 bits per heavy atom. The molecule has 0 unspecified atom stereocenters. The average molecular weight is 642 g/mol. The maximum absolute atomic E-state index is 12.2.